The molecule has 0 saturated carbocycles. The molecule has 3 heterocycles. The number of carbonyl (C=O) groups excluding carboxylic acids is 1. The van der Waals surface area contributed by atoms with Crippen molar-refractivity contribution in [2.45, 2.75) is 18.6 Å². The Kier molecular flexibility index (Phi) is 3.90. The van der Waals surface area contributed by atoms with Crippen LogP contribution in [0.15, 0.2) is 56.7 Å². The summed E-state index contributed by atoms with van der Waals surface area (Å²) in [6.07, 6.45) is 4.29. The zero-order valence-corrected chi connectivity index (χ0v) is 14.5. The van der Waals surface area contributed by atoms with E-state index in [1.807, 2.05) is 29.2 Å². The Balaban J connectivity index is 1.46. The van der Waals surface area contributed by atoms with E-state index in [1.54, 1.807) is 6.07 Å². The average molecular weight is 390 g/mol. The Morgan fingerprint density at radius 2 is 2.12 bits per heavy atom. The van der Waals surface area contributed by atoms with Crippen molar-refractivity contribution in [2.24, 2.45) is 4.99 Å². The number of halogens is 1. The molecule has 0 unspecified atom stereocenters. The predicted molar refractivity (Wildman–Crippen MR) is 91.5 cm³/mol. The average Bonchev–Trinajstić information content (AvgIpc) is 3.26. The molecule has 1 fully saturated rings. The largest absolute Gasteiger partial charge is 0.472 e. The molecule has 0 radical (unpaired) electrons. The van der Waals surface area contributed by atoms with E-state index >= 15 is 0 Å². The van der Waals surface area contributed by atoms with Crippen molar-refractivity contribution in [3.8, 4) is 0 Å². The number of benzene rings is 1. The van der Waals surface area contributed by atoms with Gasteiger partial charge in [-0.05, 0) is 18.2 Å². The van der Waals surface area contributed by atoms with Crippen LogP contribution in [0.5, 0.6) is 0 Å². The van der Waals surface area contributed by atoms with Crippen LogP contribution in [0.25, 0.3) is 0 Å². The Morgan fingerprint density at radius 3 is 2.83 bits per heavy atom. The summed E-state index contributed by atoms with van der Waals surface area (Å²) < 4.78 is 5.98. The van der Waals surface area contributed by atoms with Gasteiger partial charge in [0.15, 0.2) is 11.6 Å². The summed E-state index contributed by atoms with van der Waals surface area (Å²) in [6, 6.07) is 9.59. The topological polar surface area (TPSA) is 67.1 Å². The summed E-state index contributed by atoms with van der Waals surface area (Å²) in [4.78, 5) is 24.7. The molecule has 1 saturated heterocycles. The first kappa shape index (κ1) is 15.4. The third-order valence-electron chi connectivity index (χ3n) is 4.35. The molecular formula is C17H16BrN3O3. The molecular weight excluding hydrogens is 374 g/mol. The van der Waals surface area contributed by atoms with Gasteiger partial charge in [0.05, 0.1) is 11.8 Å². The predicted octanol–water partition coefficient (Wildman–Crippen LogP) is 2.96. The molecule has 1 N–H and O–H groups in total. The van der Waals surface area contributed by atoms with E-state index in [1.165, 1.54) is 12.5 Å². The van der Waals surface area contributed by atoms with Gasteiger partial charge in [0.2, 0.25) is 0 Å². The number of piperidine rings is 1. The maximum Gasteiger partial charge on any atom is 0.257 e. The molecule has 124 valence electrons. The van der Waals surface area contributed by atoms with Crippen LogP contribution in [0, 0.1) is 0 Å². The molecule has 4 rings (SSSR count). The molecule has 2 aliphatic heterocycles. The third kappa shape index (κ3) is 2.85. The fraction of sp³-hybridized carbons (Fsp3) is 0.294. The molecule has 2 aliphatic rings. The lowest BCUT2D eigenvalue weighted by Gasteiger charge is -2.35. The van der Waals surface area contributed by atoms with Crippen LogP contribution in [0.4, 0.5) is 0 Å². The highest BCUT2D eigenvalue weighted by Gasteiger charge is 2.41. The molecule has 1 amide bonds. The van der Waals surface area contributed by atoms with E-state index in [0.29, 0.717) is 31.5 Å². The highest BCUT2D eigenvalue weighted by atomic mass is 79.9. The van der Waals surface area contributed by atoms with E-state index < -0.39 is 5.72 Å². The molecule has 2 aromatic rings. The number of hydrogen-bond donors (Lipinski definition) is 1. The second kappa shape index (κ2) is 6.07. The normalized spacial score (nSPS) is 19.2. The quantitative estimate of drug-likeness (QED) is 0.857. The van der Waals surface area contributed by atoms with Gasteiger partial charge in [-0.15, -0.1) is 0 Å². The first-order valence-electron chi connectivity index (χ1n) is 7.77. The van der Waals surface area contributed by atoms with Gasteiger partial charge in [0, 0.05) is 36.0 Å². The molecule has 1 spiro atoms. The van der Waals surface area contributed by atoms with Crippen molar-refractivity contribution in [3.63, 3.8) is 0 Å². The van der Waals surface area contributed by atoms with Gasteiger partial charge in [-0.1, -0.05) is 28.1 Å². The maximum atomic E-state index is 12.4. The number of nitrogens with zero attached hydrogens (tertiary/aromatic N) is 2. The summed E-state index contributed by atoms with van der Waals surface area (Å²) in [7, 11) is 0. The minimum Gasteiger partial charge on any atom is -0.472 e. The number of hydroxylamine groups is 1. The van der Waals surface area contributed by atoms with Crippen molar-refractivity contribution >= 4 is 27.7 Å². The number of carbonyl (C=O) groups is 1. The van der Waals surface area contributed by atoms with Crippen LogP contribution in [0.1, 0.15) is 28.8 Å². The number of furan rings is 1. The second-order valence-corrected chi connectivity index (χ2v) is 6.84. The van der Waals surface area contributed by atoms with Gasteiger partial charge in [0.1, 0.15) is 6.26 Å². The monoisotopic (exact) mass is 389 g/mol. The molecule has 7 heteroatoms. The first-order valence-corrected chi connectivity index (χ1v) is 8.56. The number of aliphatic imine (C=N–C) groups is 1. The van der Waals surface area contributed by atoms with E-state index in [9.17, 15) is 4.79 Å². The van der Waals surface area contributed by atoms with Gasteiger partial charge in [0.25, 0.3) is 5.91 Å². The number of hydrogen-bond acceptors (Lipinski definition) is 5. The van der Waals surface area contributed by atoms with Crippen molar-refractivity contribution < 1.29 is 14.0 Å². The Labute approximate surface area is 147 Å². The number of nitrogens with one attached hydrogen (secondary N) is 1. The number of rotatable bonds is 2. The summed E-state index contributed by atoms with van der Waals surface area (Å²) >= 11 is 3.46. The van der Waals surface area contributed by atoms with E-state index in [2.05, 4.69) is 21.4 Å². The summed E-state index contributed by atoms with van der Waals surface area (Å²) in [5.74, 6) is 0.715. The molecule has 0 atom stereocenters. The van der Waals surface area contributed by atoms with Crippen LogP contribution >= 0.6 is 15.9 Å². The van der Waals surface area contributed by atoms with E-state index in [0.717, 1.165) is 15.9 Å². The van der Waals surface area contributed by atoms with Gasteiger partial charge < -0.3 is 9.32 Å². The van der Waals surface area contributed by atoms with Gasteiger partial charge >= 0.3 is 0 Å². The fourth-order valence-corrected chi connectivity index (χ4v) is 3.39. The minimum absolute atomic E-state index is 0.0132. The number of likely N-dealkylation sites (tertiary alicyclic amines) is 1. The molecule has 1 aromatic heterocycles. The maximum absolute atomic E-state index is 12.4. The summed E-state index contributed by atoms with van der Waals surface area (Å²) in [5, 5.41) is 0. The molecule has 24 heavy (non-hydrogen) atoms. The van der Waals surface area contributed by atoms with Crippen LogP contribution in [-0.4, -0.2) is 35.5 Å². The van der Waals surface area contributed by atoms with Crippen LogP contribution in [-0.2, 0) is 4.84 Å². The zero-order chi connectivity index (χ0) is 16.6. The lowest BCUT2D eigenvalue weighted by molar-refractivity contribution is -0.0849. The van der Waals surface area contributed by atoms with Crippen molar-refractivity contribution in [2.75, 3.05) is 13.1 Å². The van der Waals surface area contributed by atoms with Crippen molar-refractivity contribution in [1.29, 1.82) is 0 Å². The minimum atomic E-state index is -0.592. The fourth-order valence-electron chi connectivity index (χ4n) is 2.99. The van der Waals surface area contributed by atoms with Crippen molar-refractivity contribution in [1.82, 2.24) is 10.4 Å². The molecule has 1 aromatic carbocycles. The lowest BCUT2D eigenvalue weighted by atomic mass is 10.0. The van der Waals surface area contributed by atoms with Crippen LogP contribution in [0.2, 0.25) is 0 Å². The number of amidine groups is 1. The SMILES string of the molecule is O=C(c1ccoc1)N1CCC2(CC1)N=C(c1cccc(Br)c1)NO2. The zero-order valence-electron chi connectivity index (χ0n) is 12.9. The third-order valence-corrected chi connectivity index (χ3v) is 4.84. The van der Waals surface area contributed by atoms with Crippen molar-refractivity contribution in [3.05, 3.63) is 58.5 Å². The Bertz CT molecular complexity index is 780. The van der Waals surface area contributed by atoms with E-state index in [-0.39, 0.29) is 5.91 Å². The summed E-state index contributed by atoms with van der Waals surface area (Å²) in [5.41, 5.74) is 3.90. The molecule has 0 bridgehead atoms. The first-order chi connectivity index (χ1) is 11.7. The van der Waals surface area contributed by atoms with Gasteiger partial charge in [-0.3, -0.25) is 4.79 Å². The second-order valence-electron chi connectivity index (χ2n) is 5.93. The molecule has 6 nitrogen and oxygen atoms in total. The highest BCUT2D eigenvalue weighted by Crippen LogP contribution is 2.31. The lowest BCUT2D eigenvalue weighted by Crippen LogP contribution is -2.46. The Hall–Kier alpha value is -2.12. The van der Waals surface area contributed by atoms with Crippen LogP contribution in [0.3, 0.4) is 0 Å². The highest BCUT2D eigenvalue weighted by molar-refractivity contribution is 9.10. The van der Waals surface area contributed by atoms with Crippen LogP contribution < -0.4 is 5.48 Å². The Morgan fingerprint density at radius 1 is 1.29 bits per heavy atom. The summed E-state index contributed by atoms with van der Waals surface area (Å²) in [6.45, 7) is 1.20. The number of amides is 1. The smallest absolute Gasteiger partial charge is 0.257 e. The van der Waals surface area contributed by atoms with Gasteiger partial charge in [-0.25, -0.2) is 15.3 Å². The molecule has 0 aliphatic carbocycles. The standard InChI is InChI=1S/C17H16BrN3O3/c18-14-3-1-2-12(10-14)15-19-17(24-20-15)5-7-21(8-6-17)16(22)13-4-9-23-11-13/h1-4,9-11H,5-8H2,(H,19,20). The van der Waals surface area contributed by atoms with Gasteiger partial charge in [-0.2, -0.15) is 0 Å². The van der Waals surface area contributed by atoms with E-state index in [4.69, 9.17) is 14.2 Å².